The van der Waals surface area contributed by atoms with Gasteiger partial charge in [-0.1, -0.05) is 17.3 Å². The molecular weight excluding hydrogens is 310 g/mol. The fraction of sp³-hybridized carbons (Fsp3) is 0.222. The van der Waals surface area contributed by atoms with Gasteiger partial charge in [0, 0.05) is 0 Å². The van der Waals surface area contributed by atoms with Crippen molar-refractivity contribution in [2.45, 2.75) is 0 Å². The molecule has 0 spiro atoms. The summed E-state index contributed by atoms with van der Waals surface area (Å²) in [7, 11) is 0. The zero-order valence-electron chi connectivity index (χ0n) is 8.51. The molecule has 90 valence electrons. The predicted octanol–water partition coefficient (Wildman–Crippen LogP) is 1.46. The molecule has 2 N–H and O–H groups in total. The van der Waals surface area contributed by atoms with E-state index in [1.165, 1.54) is 17.5 Å². The molecule has 0 radical (unpaired) electrons. The number of urea groups is 1. The molecule has 1 heterocycles. The summed E-state index contributed by atoms with van der Waals surface area (Å²) in [5.74, 6) is 1.09. The first-order chi connectivity index (χ1) is 8.02. The van der Waals surface area contributed by atoms with Crippen LogP contribution in [0.5, 0.6) is 0 Å². The van der Waals surface area contributed by atoms with Crippen molar-refractivity contribution in [3.05, 3.63) is 9.98 Å². The molecule has 6 nitrogen and oxygen atoms in total. The van der Waals surface area contributed by atoms with Crippen molar-refractivity contribution in [3.63, 3.8) is 0 Å². The third-order valence-corrected chi connectivity index (χ3v) is 2.98. The van der Waals surface area contributed by atoms with E-state index in [4.69, 9.17) is 11.5 Å². The number of halogens is 1. The van der Waals surface area contributed by atoms with E-state index in [0.29, 0.717) is 5.13 Å². The van der Waals surface area contributed by atoms with E-state index in [1.807, 2.05) is 0 Å². The molecule has 0 aliphatic heterocycles. The topological polar surface area (TPSA) is 82.5 Å². The van der Waals surface area contributed by atoms with E-state index in [-0.39, 0.29) is 6.54 Å². The summed E-state index contributed by atoms with van der Waals surface area (Å²) in [4.78, 5) is 27.1. The largest absolute Gasteiger partial charge is 0.480 e. The zero-order chi connectivity index (χ0) is 12.8. The molecule has 0 saturated carbocycles. The Morgan fingerprint density at radius 3 is 2.88 bits per heavy atom. The fourth-order valence-corrected chi connectivity index (χ4v) is 2.05. The Morgan fingerprint density at radius 1 is 1.71 bits per heavy atom. The maximum absolute atomic E-state index is 11.7. The lowest BCUT2D eigenvalue weighted by Gasteiger charge is -2.17. The van der Waals surface area contributed by atoms with E-state index in [9.17, 15) is 9.59 Å². The van der Waals surface area contributed by atoms with Crippen LogP contribution in [0.2, 0.25) is 0 Å². The van der Waals surface area contributed by atoms with E-state index in [1.54, 1.807) is 0 Å². The number of carboxylic acid groups (broad SMARTS) is 1. The van der Waals surface area contributed by atoms with Gasteiger partial charge in [-0.2, -0.15) is 0 Å². The van der Waals surface area contributed by atoms with Gasteiger partial charge in [-0.25, -0.2) is 9.78 Å². The lowest BCUT2D eigenvalue weighted by atomic mass is 10.5. The second kappa shape index (κ2) is 6.22. The number of anilines is 1. The lowest BCUT2D eigenvalue weighted by Crippen LogP contribution is -2.38. The van der Waals surface area contributed by atoms with Gasteiger partial charge in [0.15, 0.2) is 5.13 Å². The molecule has 17 heavy (non-hydrogen) atoms. The summed E-state index contributed by atoms with van der Waals surface area (Å²) < 4.78 is 0.759. The Balaban J connectivity index is 2.65. The maximum Gasteiger partial charge on any atom is 0.324 e. The van der Waals surface area contributed by atoms with Gasteiger partial charge in [0.05, 0.1) is 16.5 Å². The number of hydrogen-bond acceptors (Lipinski definition) is 4. The SMILES string of the molecule is C#CCN(CC(=O)O)C(=O)Nc1ncc(Br)s1. The third kappa shape index (κ3) is 4.42. The Bertz CT molecular complexity index is 468. The number of carboxylic acids is 1. The highest BCUT2D eigenvalue weighted by atomic mass is 79.9. The highest BCUT2D eigenvalue weighted by Crippen LogP contribution is 2.23. The minimum atomic E-state index is -1.13. The minimum absolute atomic E-state index is 0.0787. The molecule has 0 fully saturated rings. The fourth-order valence-electron chi connectivity index (χ4n) is 0.956. The van der Waals surface area contributed by atoms with Gasteiger partial charge >= 0.3 is 12.0 Å². The molecule has 0 aliphatic rings. The van der Waals surface area contributed by atoms with Crippen LogP contribution < -0.4 is 5.32 Å². The first kappa shape index (κ1) is 13.5. The molecule has 0 atom stereocenters. The number of nitrogens with one attached hydrogen (secondary N) is 1. The number of aromatic nitrogens is 1. The molecule has 1 aromatic rings. The minimum Gasteiger partial charge on any atom is -0.480 e. The monoisotopic (exact) mass is 317 g/mol. The average molecular weight is 318 g/mol. The highest BCUT2D eigenvalue weighted by molar-refractivity contribution is 9.11. The quantitative estimate of drug-likeness (QED) is 0.823. The van der Waals surface area contributed by atoms with E-state index in [2.05, 4.69) is 32.2 Å². The van der Waals surface area contributed by atoms with Crippen molar-refractivity contribution in [2.75, 3.05) is 18.4 Å². The van der Waals surface area contributed by atoms with Crippen molar-refractivity contribution < 1.29 is 14.7 Å². The van der Waals surface area contributed by atoms with Crippen LogP contribution >= 0.6 is 27.3 Å². The molecule has 1 rings (SSSR count). The summed E-state index contributed by atoms with van der Waals surface area (Å²) in [5, 5.41) is 11.4. The Hall–Kier alpha value is -1.59. The number of hydrogen-bond donors (Lipinski definition) is 2. The third-order valence-electron chi connectivity index (χ3n) is 1.59. The number of rotatable bonds is 4. The van der Waals surface area contributed by atoms with Gasteiger partial charge in [0.2, 0.25) is 0 Å². The Labute approximate surface area is 110 Å². The van der Waals surface area contributed by atoms with E-state index in [0.717, 1.165) is 8.69 Å². The van der Waals surface area contributed by atoms with Gasteiger partial charge in [-0.3, -0.25) is 10.1 Å². The van der Waals surface area contributed by atoms with Gasteiger partial charge < -0.3 is 10.0 Å². The summed E-state index contributed by atoms with van der Waals surface area (Å²) >= 11 is 4.41. The maximum atomic E-state index is 11.7. The van der Waals surface area contributed by atoms with Crippen molar-refractivity contribution in [2.24, 2.45) is 0 Å². The average Bonchev–Trinajstić information content (AvgIpc) is 2.62. The Morgan fingerprint density at radius 2 is 2.41 bits per heavy atom. The second-order valence-electron chi connectivity index (χ2n) is 2.85. The van der Waals surface area contributed by atoms with Crippen LogP contribution in [-0.4, -0.2) is 40.1 Å². The molecule has 1 aromatic heterocycles. The number of terminal acetylenes is 1. The predicted molar refractivity (Wildman–Crippen MR) is 66.9 cm³/mol. The lowest BCUT2D eigenvalue weighted by molar-refractivity contribution is -0.137. The zero-order valence-corrected chi connectivity index (χ0v) is 10.9. The van der Waals surface area contributed by atoms with Crippen LogP contribution in [0.3, 0.4) is 0 Å². The summed E-state index contributed by atoms with van der Waals surface area (Å²) in [6, 6.07) is -0.591. The first-order valence-electron chi connectivity index (χ1n) is 4.35. The van der Waals surface area contributed by atoms with Crippen molar-refractivity contribution >= 4 is 44.4 Å². The number of amides is 2. The number of carbonyl (C=O) groups is 2. The number of carbonyl (C=O) groups excluding carboxylic acids is 1. The molecular formula is C9H8BrN3O3S. The van der Waals surface area contributed by atoms with Crippen LogP contribution in [-0.2, 0) is 4.79 Å². The molecule has 2 amide bonds. The van der Waals surface area contributed by atoms with Crippen molar-refractivity contribution in [1.82, 2.24) is 9.88 Å². The molecule has 8 heteroatoms. The van der Waals surface area contributed by atoms with Gasteiger partial charge in [-0.15, -0.1) is 6.42 Å². The molecule has 0 bridgehead atoms. The summed E-state index contributed by atoms with van der Waals surface area (Å²) in [6.07, 6.45) is 6.59. The number of thiazole rings is 1. The number of aliphatic carboxylic acids is 1. The molecule has 0 saturated heterocycles. The van der Waals surface area contributed by atoms with Gasteiger partial charge in [0.25, 0.3) is 0 Å². The van der Waals surface area contributed by atoms with E-state index >= 15 is 0 Å². The summed E-state index contributed by atoms with van der Waals surface area (Å²) in [5.41, 5.74) is 0. The van der Waals surface area contributed by atoms with Gasteiger partial charge in [0.1, 0.15) is 6.54 Å². The highest BCUT2D eigenvalue weighted by Gasteiger charge is 2.16. The molecule has 0 aliphatic carbocycles. The van der Waals surface area contributed by atoms with Crippen molar-refractivity contribution in [3.8, 4) is 12.3 Å². The molecule has 0 unspecified atom stereocenters. The van der Waals surface area contributed by atoms with Gasteiger partial charge in [-0.05, 0) is 15.9 Å². The van der Waals surface area contributed by atoms with Crippen LogP contribution in [0.15, 0.2) is 9.98 Å². The van der Waals surface area contributed by atoms with Crippen LogP contribution in [0.4, 0.5) is 9.93 Å². The van der Waals surface area contributed by atoms with E-state index < -0.39 is 18.5 Å². The summed E-state index contributed by atoms with van der Waals surface area (Å²) in [6.45, 7) is -0.534. The smallest absolute Gasteiger partial charge is 0.324 e. The molecule has 0 aromatic carbocycles. The first-order valence-corrected chi connectivity index (χ1v) is 5.96. The second-order valence-corrected chi connectivity index (χ2v) is 5.26. The normalized spacial score (nSPS) is 9.41. The Kier molecular flexibility index (Phi) is 4.93. The number of nitrogens with zero attached hydrogens (tertiary/aromatic N) is 2. The van der Waals surface area contributed by atoms with Crippen LogP contribution in [0, 0.1) is 12.3 Å². The van der Waals surface area contributed by atoms with Crippen LogP contribution in [0.25, 0.3) is 0 Å². The standard InChI is InChI=1S/C9H8BrN3O3S/c1-2-3-13(5-7(14)15)9(16)12-8-11-4-6(10)17-8/h1,4H,3,5H2,(H,14,15)(H,11,12,16). The van der Waals surface area contributed by atoms with Crippen molar-refractivity contribution in [1.29, 1.82) is 0 Å². The van der Waals surface area contributed by atoms with Crippen LogP contribution in [0.1, 0.15) is 0 Å².